The molecule has 0 bridgehead atoms. The molecule has 0 unspecified atom stereocenters. The van der Waals surface area contributed by atoms with Crippen molar-refractivity contribution in [2.75, 3.05) is 6.54 Å². The molecule has 4 aromatic rings. The molecule has 1 aliphatic rings. The smallest absolute Gasteiger partial charge is 0.338 e. The maximum atomic E-state index is 13.0. The molecule has 9 heteroatoms. The largest absolute Gasteiger partial charge is 0.350 e. The molecule has 0 spiro atoms. The minimum absolute atomic E-state index is 0.0761. The maximum Gasteiger partial charge on any atom is 0.350 e. The topological polar surface area (TPSA) is 98.5 Å². The number of carbonyl (C=O) groups is 1. The fourth-order valence-electron chi connectivity index (χ4n) is 4.32. The Hall–Kier alpha value is -3.75. The van der Waals surface area contributed by atoms with Gasteiger partial charge in [-0.1, -0.05) is 42.4 Å². The molecule has 0 saturated carbocycles. The van der Waals surface area contributed by atoms with E-state index in [0.717, 1.165) is 37.8 Å². The Morgan fingerprint density at radius 3 is 2.81 bits per heavy atom. The van der Waals surface area contributed by atoms with Crippen molar-refractivity contribution < 1.29 is 9.32 Å². The highest BCUT2D eigenvalue weighted by atomic mass is 16.5. The van der Waals surface area contributed by atoms with Crippen LogP contribution in [-0.4, -0.2) is 47.7 Å². The highest BCUT2D eigenvalue weighted by Gasteiger charge is 2.26. The second kappa shape index (κ2) is 8.41. The van der Waals surface area contributed by atoms with Crippen molar-refractivity contribution in [3.8, 4) is 22.8 Å². The fraction of sp³-hybridized carbons (Fsp3) is 0.348. The van der Waals surface area contributed by atoms with Gasteiger partial charge in [-0.3, -0.25) is 4.79 Å². The lowest BCUT2D eigenvalue weighted by molar-refractivity contribution is -0.135. The Balaban J connectivity index is 1.47. The molecule has 4 heterocycles. The maximum absolute atomic E-state index is 13.0. The van der Waals surface area contributed by atoms with E-state index >= 15 is 0 Å². The van der Waals surface area contributed by atoms with Gasteiger partial charge in [-0.05, 0) is 37.8 Å². The van der Waals surface area contributed by atoms with Gasteiger partial charge in [0, 0.05) is 24.3 Å². The van der Waals surface area contributed by atoms with Gasteiger partial charge in [-0.25, -0.2) is 13.9 Å². The van der Waals surface area contributed by atoms with E-state index in [2.05, 4.69) is 22.2 Å². The molecule has 5 rings (SSSR count). The summed E-state index contributed by atoms with van der Waals surface area (Å²) in [7, 11) is 0. The van der Waals surface area contributed by atoms with Crippen molar-refractivity contribution in [2.24, 2.45) is 0 Å². The second-order valence-corrected chi connectivity index (χ2v) is 7.99. The number of amides is 1. The first-order chi connectivity index (χ1) is 15.7. The van der Waals surface area contributed by atoms with Crippen molar-refractivity contribution >= 4 is 11.6 Å². The first-order valence-corrected chi connectivity index (χ1v) is 10.9. The Bertz CT molecular complexity index is 1310. The number of piperidine rings is 1. The van der Waals surface area contributed by atoms with Crippen LogP contribution in [0.5, 0.6) is 0 Å². The number of fused-ring (bicyclic) bond motifs is 1. The fourth-order valence-corrected chi connectivity index (χ4v) is 4.32. The van der Waals surface area contributed by atoms with Crippen LogP contribution in [0, 0.1) is 0 Å². The molecule has 1 atom stereocenters. The molecule has 164 valence electrons. The number of carbonyl (C=O) groups excluding carboxylic acids is 1. The lowest BCUT2D eigenvalue weighted by Crippen LogP contribution is -2.45. The summed E-state index contributed by atoms with van der Waals surface area (Å²) < 4.78 is 8.09. The summed E-state index contributed by atoms with van der Waals surface area (Å²) in [6, 6.07) is 13.2. The average molecular weight is 432 g/mol. The molecular weight excluding hydrogens is 408 g/mol. The SMILES string of the molecule is CC[C@@H]1CCCCN1C(=O)Cn1nc2c(-c3nc(-c4ccccc4)no3)cccn2c1=O. The lowest BCUT2D eigenvalue weighted by Gasteiger charge is -2.35. The van der Waals surface area contributed by atoms with E-state index in [1.165, 1.54) is 9.08 Å². The van der Waals surface area contributed by atoms with Crippen LogP contribution in [0.4, 0.5) is 0 Å². The third-order valence-electron chi connectivity index (χ3n) is 6.00. The zero-order chi connectivity index (χ0) is 22.1. The summed E-state index contributed by atoms with van der Waals surface area (Å²) in [4.78, 5) is 32.3. The van der Waals surface area contributed by atoms with Gasteiger partial charge in [0.25, 0.3) is 5.89 Å². The number of benzene rings is 1. The highest BCUT2D eigenvalue weighted by Crippen LogP contribution is 2.24. The lowest BCUT2D eigenvalue weighted by atomic mass is 10.00. The van der Waals surface area contributed by atoms with E-state index in [-0.39, 0.29) is 30.1 Å². The summed E-state index contributed by atoms with van der Waals surface area (Å²) >= 11 is 0. The number of rotatable bonds is 5. The van der Waals surface area contributed by atoms with Gasteiger partial charge in [0.05, 0.1) is 5.56 Å². The monoisotopic (exact) mass is 432 g/mol. The molecule has 0 N–H and O–H groups in total. The van der Waals surface area contributed by atoms with Gasteiger partial charge in [-0.2, -0.15) is 4.98 Å². The quantitative estimate of drug-likeness (QED) is 0.481. The van der Waals surface area contributed by atoms with Gasteiger partial charge in [0.2, 0.25) is 11.7 Å². The summed E-state index contributed by atoms with van der Waals surface area (Å²) in [5, 5.41) is 8.51. The zero-order valence-corrected chi connectivity index (χ0v) is 17.8. The van der Waals surface area contributed by atoms with E-state index in [4.69, 9.17) is 4.52 Å². The number of nitrogens with zero attached hydrogens (tertiary/aromatic N) is 6. The van der Waals surface area contributed by atoms with Crippen LogP contribution in [0.1, 0.15) is 32.6 Å². The second-order valence-electron chi connectivity index (χ2n) is 7.99. The van der Waals surface area contributed by atoms with Crippen LogP contribution in [0.2, 0.25) is 0 Å². The standard InChI is InChI=1S/C23H24N6O3/c1-2-17-11-6-7-13-27(17)19(30)15-29-23(31)28-14-8-12-18(21(28)25-29)22-24-20(26-32-22)16-9-4-3-5-10-16/h3-5,8-10,12,14,17H,2,6-7,11,13,15H2,1H3/t17-/m1/s1. The Morgan fingerprint density at radius 2 is 2.00 bits per heavy atom. The Kier molecular flexibility index (Phi) is 5.30. The molecule has 1 amide bonds. The minimum atomic E-state index is -0.372. The number of pyridine rings is 1. The van der Waals surface area contributed by atoms with Crippen LogP contribution < -0.4 is 5.69 Å². The summed E-state index contributed by atoms with van der Waals surface area (Å²) in [6.45, 7) is 2.73. The summed E-state index contributed by atoms with van der Waals surface area (Å²) in [6.07, 6.45) is 5.67. The van der Waals surface area contributed by atoms with Crippen molar-refractivity contribution in [3.63, 3.8) is 0 Å². The molecule has 3 aromatic heterocycles. The molecule has 0 radical (unpaired) electrons. The molecule has 1 saturated heterocycles. The van der Waals surface area contributed by atoms with E-state index < -0.39 is 0 Å². The van der Waals surface area contributed by atoms with Crippen LogP contribution in [0.25, 0.3) is 28.5 Å². The molecule has 1 aromatic carbocycles. The van der Waals surface area contributed by atoms with Crippen LogP contribution in [-0.2, 0) is 11.3 Å². The molecule has 1 fully saturated rings. The van der Waals surface area contributed by atoms with Gasteiger partial charge < -0.3 is 9.42 Å². The first-order valence-electron chi connectivity index (χ1n) is 10.9. The zero-order valence-electron chi connectivity index (χ0n) is 17.8. The molecule has 9 nitrogen and oxygen atoms in total. The van der Waals surface area contributed by atoms with Gasteiger partial charge in [-0.15, -0.1) is 5.10 Å². The van der Waals surface area contributed by atoms with E-state index in [0.29, 0.717) is 17.0 Å². The van der Waals surface area contributed by atoms with Crippen molar-refractivity contribution in [3.05, 3.63) is 59.1 Å². The first kappa shape index (κ1) is 20.2. The predicted molar refractivity (Wildman–Crippen MR) is 118 cm³/mol. The van der Waals surface area contributed by atoms with Crippen LogP contribution in [0.3, 0.4) is 0 Å². The number of hydrogen-bond donors (Lipinski definition) is 0. The third-order valence-corrected chi connectivity index (χ3v) is 6.00. The highest BCUT2D eigenvalue weighted by molar-refractivity contribution is 5.77. The summed E-state index contributed by atoms with van der Waals surface area (Å²) in [5.41, 5.74) is 1.37. The Labute approximate surface area is 184 Å². The van der Waals surface area contributed by atoms with Gasteiger partial charge >= 0.3 is 5.69 Å². The van der Waals surface area contributed by atoms with Gasteiger partial charge in [0.15, 0.2) is 5.65 Å². The predicted octanol–water partition coefficient (Wildman–Crippen LogP) is 3.00. The van der Waals surface area contributed by atoms with Crippen molar-refractivity contribution in [1.29, 1.82) is 0 Å². The number of hydrogen-bond acceptors (Lipinski definition) is 6. The Morgan fingerprint density at radius 1 is 1.16 bits per heavy atom. The molecule has 32 heavy (non-hydrogen) atoms. The van der Waals surface area contributed by atoms with E-state index in [1.807, 2.05) is 35.2 Å². The minimum Gasteiger partial charge on any atom is -0.338 e. The molecule has 1 aliphatic heterocycles. The van der Waals surface area contributed by atoms with Crippen LogP contribution >= 0.6 is 0 Å². The summed E-state index contributed by atoms with van der Waals surface area (Å²) in [5.74, 6) is 0.642. The van der Waals surface area contributed by atoms with E-state index in [1.54, 1.807) is 18.3 Å². The van der Waals surface area contributed by atoms with Crippen LogP contribution in [0.15, 0.2) is 58.0 Å². The van der Waals surface area contributed by atoms with E-state index in [9.17, 15) is 9.59 Å². The van der Waals surface area contributed by atoms with Crippen molar-refractivity contribution in [2.45, 2.75) is 45.2 Å². The molecule has 0 aliphatic carbocycles. The average Bonchev–Trinajstić information content (AvgIpc) is 3.45. The third kappa shape index (κ3) is 3.59. The number of likely N-dealkylation sites (tertiary alicyclic amines) is 1. The van der Waals surface area contributed by atoms with Crippen molar-refractivity contribution in [1.82, 2.24) is 29.2 Å². The van der Waals surface area contributed by atoms with Gasteiger partial charge in [0.1, 0.15) is 6.54 Å². The normalized spacial score (nSPS) is 16.5. The number of aromatic nitrogens is 5. The molecular formula is C23H24N6O3.